The molecule has 0 saturated carbocycles. The highest BCUT2D eigenvalue weighted by Crippen LogP contribution is 2.33. The molecule has 2 rings (SSSR count). The minimum absolute atomic E-state index is 0.182. The fraction of sp³-hybridized carbons (Fsp3) is 0.455. The van der Waals surface area contributed by atoms with Gasteiger partial charge in [-0.25, -0.2) is 9.59 Å². The molecule has 0 aliphatic rings. The van der Waals surface area contributed by atoms with Crippen molar-refractivity contribution < 1.29 is 38.0 Å². The van der Waals surface area contributed by atoms with Gasteiger partial charge in [0, 0.05) is 69.7 Å². The summed E-state index contributed by atoms with van der Waals surface area (Å²) in [6, 6.07) is 16.4. The molecule has 0 aliphatic carbocycles. The summed E-state index contributed by atoms with van der Waals surface area (Å²) < 4.78 is 32.6. The summed E-state index contributed by atoms with van der Waals surface area (Å²) in [6.07, 6.45) is 5.16. The minimum atomic E-state index is -0.412. The second-order valence-electron chi connectivity index (χ2n) is 9.75. The van der Waals surface area contributed by atoms with Gasteiger partial charge in [-0.05, 0) is 35.4 Å². The summed E-state index contributed by atoms with van der Waals surface area (Å²) in [6.45, 7) is 15.2. The van der Waals surface area contributed by atoms with Crippen LogP contribution >= 0.6 is 0 Å². The van der Waals surface area contributed by atoms with Crippen molar-refractivity contribution in [2.45, 2.75) is 44.9 Å². The summed E-state index contributed by atoms with van der Waals surface area (Å²) in [5.41, 5.74) is 2.20. The number of carbonyl (C=O) groups excluding carboxylic acids is 2. The van der Waals surface area contributed by atoms with Gasteiger partial charge in [0.2, 0.25) is 0 Å². The van der Waals surface area contributed by atoms with Crippen LogP contribution in [-0.4, -0.2) is 64.8 Å². The fourth-order valence-corrected chi connectivity index (χ4v) is 3.79. The molecule has 0 radical (unpaired) electrons. The molecular formula is C33H44O8. The van der Waals surface area contributed by atoms with Crippen LogP contribution in [0.1, 0.15) is 50.7 Å². The summed E-state index contributed by atoms with van der Waals surface area (Å²) in [7, 11) is 0. The molecule has 0 spiro atoms. The van der Waals surface area contributed by atoms with Crippen molar-refractivity contribution in [3.63, 3.8) is 0 Å². The van der Waals surface area contributed by atoms with Crippen molar-refractivity contribution in [3.05, 3.63) is 85.0 Å². The van der Waals surface area contributed by atoms with Crippen LogP contribution in [0.15, 0.2) is 73.8 Å². The maximum atomic E-state index is 11.0. The van der Waals surface area contributed by atoms with Gasteiger partial charge in [0.1, 0.15) is 11.5 Å². The molecule has 41 heavy (non-hydrogen) atoms. The van der Waals surface area contributed by atoms with E-state index < -0.39 is 11.9 Å². The van der Waals surface area contributed by atoms with E-state index in [1.807, 2.05) is 24.3 Å². The second kappa shape index (κ2) is 19.5. The first-order valence-electron chi connectivity index (χ1n) is 14.1. The van der Waals surface area contributed by atoms with E-state index in [1.54, 1.807) is 0 Å². The summed E-state index contributed by atoms with van der Waals surface area (Å²) in [4.78, 5) is 21.9. The zero-order valence-electron chi connectivity index (χ0n) is 24.4. The lowest BCUT2D eigenvalue weighted by molar-refractivity contribution is -0.139. The number of hydrogen-bond acceptors (Lipinski definition) is 8. The Morgan fingerprint density at radius 2 is 0.927 bits per heavy atom. The molecule has 0 unspecified atom stereocenters. The monoisotopic (exact) mass is 568 g/mol. The van der Waals surface area contributed by atoms with Gasteiger partial charge < -0.3 is 28.4 Å². The Balaban J connectivity index is 1.63. The molecule has 0 atom stereocenters. The van der Waals surface area contributed by atoms with Crippen molar-refractivity contribution in [2.75, 3.05) is 52.9 Å². The highest BCUT2D eigenvalue weighted by molar-refractivity contribution is 5.81. The molecule has 2 aromatic rings. The quantitative estimate of drug-likeness (QED) is 0.0997. The Morgan fingerprint density at radius 1 is 0.585 bits per heavy atom. The zero-order valence-corrected chi connectivity index (χ0v) is 24.4. The minimum Gasteiger partial charge on any atom is -0.494 e. The third-order valence-corrected chi connectivity index (χ3v) is 6.24. The third-order valence-electron chi connectivity index (χ3n) is 6.24. The summed E-state index contributed by atoms with van der Waals surface area (Å²) >= 11 is 0. The molecule has 0 amide bonds. The maximum absolute atomic E-state index is 11.0. The molecular weight excluding hydrogens is 524 g/mol. The van der Waals surface area contributed by atoms with Gasteiger partial charge >= 0.3 is 11.9 Å². The number of carbonyl (C=O) groups is 2. The average molecular weight is 569 g/mol. The van der Waals surface area contributed by atoms with Crippen LogP contribution in [0.25, 0.3) is 0 Å². The summed E-state index contributed by atoms with van der Waals surface area (Å²) in [5.74, 6) is 0.824. The van der Waals surface area contributed by atoms with Crippen LogP contribution in [0, 0.1) is 0 Å². The van der Waals surface area contributed by atoms with Gasteiger partial charge in [0.15, 0.2) is 0 Å². The number of ether oxygens (including phenoxy) is 6. The van der Waals surface area contributed by atoms with E-state index in [-0.39, 0.29) is 5.41 Å². The fourth-order valence-electron chi connectivity index (χ4n) is 3.79. The van der Waals surface area contributed by atoms with E-state index in [1.165, 1.54) is 11.1 Å². The topological polar surface area (TPSA) is 89.5 Å². The Labute approximate surface area is 244 Å². The van der Waals surface area contributed by atoms with E-state index in [2.05, 4.69) is 51.3 Å². The van der Waals surface area contributed by atoms with Crippen molar-refractivity contribution in [2.24, 2.45) is 0 Å². The number of rotatable bonds is 22. The molecule has 224 valence electrons. The smallest absolute Gasteiger partial charge is 0.330 e. The number of benzene rings is 2. The van der Waals surface area contributed by atoms with Gasteiger partial charge in [0.05, 0.1) is 26.4 Å². The van der Waals surface area contributed by atoms with Gasteiger partial charge in [-0.2, -0.15) is 0 Å². The molecule has 0 aliphatic heterocycles. The first-order valence-corrected chi connectivity index (χ1v) is 14.1. The predicted octanol–water partition coefficient (Wildman–Crippen LogP) is 5.82. The Bertz CT molecular complexity index is 960. The lowest BCUT2D eigenvalue weighted by Gasteiger charge is -2.26. The van der Waals surface area contributed by atoms with Crippen molar-refractivity contribution in [1.82, 2.24) is 0 Å². The van der Waals surface area contributed by atoms with E-state index in [4.69, 9.17) is 28.4 Å². The van der Waals surface area contributed by atoms with Gasteiger partial charge in [-0.1, -0.05) is 51.3 Å². The molecule has 0 bridgehead atoms. The van der Waals surface area contributed by atoms with Crippen LogP contribution in [0.3, 0.4) is 0 Å². The van der Waals surface area contributed by atoms with Crippen LogP contribution in [-0.2, 0) is 34.0 Å². The average Bonchev–Trinajstić information content (AvgIpc) is 2.99. The standard InChI is InChI=1S/C33H44O8/c1-5-31(34)40-25-9-21-36-19-7-23-38-29-15-11-27(12-16-29)33(3,4)28-13-17-30(18-14-28)39-24-8-20-37-22-10-26-41-32(35)6-2/h5-6,11-18H,1-2,7-10,19-26H2,3-4H3. The van der Waals surface area contributed by atoms with E-state index in [0.717, 1.165) is 36.5 Å². The third kappa shape index (κ3) is 13.5. The number of hydrogen-bond donors (Lipinski definition) is 0. The molecule has 0 saturated heterocycles. The lowest BCUT2D eigenvalue weighted by Crippen LogP contribution is -2.18. The molecule has 8 nitrogen and oxygen atoms in total. The van der Waals surface area contributed by atoms with Crippen molar-refractivity contribution in [1.29, 1.82) is 0 Å². The van der Waals surface area contributed by atoms with E-state index >= 15 is 0 Å². The highest BCUT2D eigenvalue weighted by atomic mass is 16.5. The Hall–Kier alpha value is -3.62. The number of esters is 2. The molecule has 2 aromatic carbocycles. The zero-order chi connectivity index (χ0) is 29.8. The Morgan fingerprint density at radius 3 is 1.27 bits per heavy atom. The first-order chi connectivity index (χ1) is 19.9. The maximum Gasteiger partial charge on any atom is 0.330 e. The Kier molecular flexibility index (Phi) is 15.9. The second-order valence-corrected chi connectivity index (χ2v) is 9.75. The van der Waals surface area contributed by atoms with Crippen molar-refractivity contribution >= 4 is 11.9 Å². The highest BCUT2D eigenvalue weighted by Gasteiger charge is 2.23. The molecule has 0 heterocycles. The lowest BCUT2D eigenvalue weighted by atomic mass is 9.78. The molecule has 0 fully saturated rings. The van der Waals surface area contributed by atoms with Gasteiger partial charge in [-0.15, -0.1) is 0 Å². The van der Waals surface area contributed by atoms with Gasteiger partial charge in [-0.3, -0.25) is 0 Å². The van der Waals surface area contributed by atoms with E-state index in [9.17, 15) is 9.59 Å². The summed E-state index contributed by atoms with van der Waals surface area (Å²) in [5, 5.41) is 0. The normalized spacial score (nSPS) is 11.0. The molecule has 0 aromatic heterocycles. The van der Waals surface area contributed by atoms with Crippen LogP contribution in [0.2, 0.25) is 0 Å². The first kappa shape index (κ1) is 33.6. The van der Waals surface area contributed by atoms with Crippen LogP contribution < -0.4 is 9.47 Å². The SMILES string of the molecule is C=CC(=O)OCCCOCCCOc1ccc(C(C)(C)c2ccc(OCCCOCCCOC(=O)C=C)cc2)cc1. The largest absolute Gasteiger partial charge is 0.494 e. The van der Waals surface area contributed by atoms with Crippen molar-refractivity contribution in [3.8, 4) is 11.5 Å². The van der Waals surface area contributed by atoms with Crippen LogP contribution in [0.5, 0.6) is 11.5 Å². The van der Waals surface area contributed by atoms with E-state index in [0.29, 0.717) is 65.7 Å². The van der Waals surface area contributed by atoms with Gasteiger partial charge in [0.25, 0.3) is 0 Å². The molecule has 8 heteroatoms. The predicted molar refractivity (Wildman–Crippen MR) is 158 cm³/mol. The van der Waals surface area contributed by atoms with Crippen LogP contribution in [0.4, 0.5) is 0 Å². The molecule has 0 N–H and O–H groups in total.